The molecule has 2 nitrogen and oxygen atoms in total. The van der Waals surface area contributed by atoms with Gasteiger partial charge in [0.25, 0.3) is 0 Å². The number of aliphatic hydroxyl groups is 1. The van der Waals surface area contributed by atoms with Crippen LogP contribution in [0.1, 0.15) is 12.8 Å². The monoisotopic (exact) mass is 145 g/mol. The van der Waals surface area contributed by atoms with Gasteiger partial charge < -0.3 is 10.8 Å². The lowest BCUT2D eigenvalue weighted by molar-refractivity contribution is 0.228. The fourth-order valence-corrected chi connectivity index (χ4v) is 0.509. The Bertz CT molecular complexity index is 132. The molecule has 10 heavy (non-hydrogen) atoms. The Balaban J connectivity index is 3.59. The Morgan fingerprint density at radius 2 is 2.40 bits per heavy atom. The molecule has 0 aliphatic heterocycles. The third-order valence-electron chi connectivity index (χ3n) is 0.939. The maximum absolute atomic E-state index is 12.4. The van der Waals surface area contributed by atoms with E-state index in [1.165, 1.54) is 0 Å². The van der Waals surface area contributed by atoms with Crippen molar-refractivity contribution in [2.75, 3.05) is 0 Å². The van der Waals surface area contributed by atoms with Gasteiger partial charge in [0.15, 0.2) is 0 Å². The first kappa shape index (κ1) is 9.33. The smallest absolute Gasteiger partial charge is 0.124 e. The van der Waals surface area contributed by atoms with Crippen molar-refractivity contribution in [3.63, 3.8) is 0 Å². The summed E-state index contributed by atoms with van der Waals surface area (Å²) in [6, 6.07) is 0. The first-order chi connectivity index (χ1) is 4.66. The van der Waals surface area contributed by atoms with Crippen LogP contribution in [-0.2, 0) is 0 Å². The number of hydrogen-bond donors (Lipinski definition) is 2. The second-order valence-electron chi connectivity index (χ2n) is 1.93. The molecule has 0 aliphatic rings. The molecule has 0 heterocycles. The van der Waals surface area contributed by atoms with Crippen molar-refractivity contribution < 1.29 is 9.50 Å². The van der Waals surface area contributed by atoms with Gasteiger partial charge in [0, 0.05) is 6.42 Å². The molecule has 0 rings (SSSR count). The number of hydrogen-bond acceptors (Lipinski definition) is 2. The molecule has 0 radical (unpaired) electrons. The van der Waals surface area contributed by atoms with Crippen molar-refractivity contribution in [2.24, 2.45) is 5.73 Å². The number of aliphatic hydroxyl groups excluding tert-OH is 1. The molecule has 58 valence electrons. The third-order valence-corrected chi connectivity index (χ3v) is 0.939. The SMILES string of the molecule is C=CCC/C(F)=C/C(N)O. The molecule has 0 aromatic heterocycles. The summed E-state index contributed by atoms with van der Waals surface area (Å²) in [5.41, 5.74) is 4.88. The summed E-state index contributed by atoms with van der Waals surface area (Å²) in [5, 5.41) is 8.46. The van der Waals surface area contributed by atoms with Crippen LogP contribution in [0, 0.1) is 0 Å². The quantitative estimate of drug-likeness (QED) is 0.459. The minimum Gasteiger partial charge on any atom is -0.375 e. The standard InChI is InChI=1S/C7H12FNO/c1-2-3-4-6(8)5-7(9)10/h2,5,7,10H,1,3-4,9H2/b6-5-. The van der Waals surface area contributed by atoms with Crippen molar-refractivity contribution in [1.82, 2.24) is 0 Å². The number of halogens is 1. The average Bonchev–Trinajstić information content (AvgIpc) is 1.82. The average molecular weight is 145 g/mol. The zero-order chi connectivity index (χ0) is 7.98. The highest BCUT2D eigenvalue weighted by Gasteiger charge is 1.95. The number of nitrogens with two attached hydrogens (primary N) is 1. The van der Waals surface area contributed by atoms with Crippen LogP contribution in [0.4, 0.5) is 4.39 Å². The van der Waals surface area contributed by atoms with E-state index in [1.807, 2.05) is 0 Å². The Labute approximate surface area is 59.8 Å². The van der Waals surface area contributed by atoms with Gasteiger partial charge in [-0.15, -0.1) is 6.58 Å². The normalized spacial score (nSPS) is 14.9. The van der Waals surface area contributed by atoms with Crippen LogP contribution in [-0.4, -0.2) is 11.3 Å². The summed E-state index contributed by atoms with van der Waals surface area (Å²) in [6.45, 7) is 3.42. The maximum Gasteiger partial charge on any atom is 0.124 e. The van der Waals surface area contributed by atoms with Crippen LogP contribution in [0.25, 0.3) is 0 Å². The van der Waals surface area contributed by atoms with Crippen LogP contribution in [0.15, 0.2) is 24.6 Å². The van der Waals surface area contributed by atoms with Crippen molar-refractivity contribution in [2.45, 2.75) is 19.1 Å². The second-order valence-corrected chi connectivity index (χ2v) is 1.93. The Morgan fingerprint density at radius 1 is 1.80 bits per heavy atom. The molecule has 0 aliphatic carbocycles. The van der Waals surface area contributed by atoms with Gasteiger partial charge in [0.2, 0.25) is 0 Å². The van der Waals surface area contributed by atoms with E-state index in [2.05, 4.69) is 6.58 Å². The lowest BCUT2D eigenvalue weighted by Crippen LogP contribution is -2.15. The zero-order valence-electron chi connectivity index (χ0n) is 5.76. The molecule has 0 fully saturated rings. The summed E-state index contributed by atoms with van der Waals surface area (Å²) in [6.07, 6.45) is 2.22. The van der Waals surface area contributed by atoms with Crippen molar-refractivity contribution in [3.05, 3.63) is 24.6 Å². The van der Waals surface area contributed by atoms with Crippen LogP contribution >= 0.6 is 0 Å². The first-order valence-corrected chi connectivity index (χ1v) is 3.07. The molecular formula is C7H12FNO. The minimum absolute atomic E-state index is 0.262. The highest BCUT2D eigenvalue weighted by atomic mass is 19.1. The van der Waals surface area contributed by atoms with E-state index >= 15 is 0 Å². The predicted octanol–water partition coefficient (Wildman–Crippen LogP) is 1.08. The molecule has 0 bridgehead atoms. The Morgan fingerprint density at radius 3 is 2.80 bits per heavy atom. The van der Waals surface area contributed by atoms with E-state index in [1.54, 1.807) is 6.08 Å². The Hall–Kier alpha value is -0.670. The summed E-state index contributed by atoms with van der Waals surface area (Å²) >= 11 is 0. The summed E-state index contributed by atoms with van der Waals surface area (Å²) in [4.78, 5) is 0. The summed E-state index contributed by atoms with van der Waals surface area (Å²) < 4.78 is 12.4. The molecular weight excluding hydrogens is 133 g/mol. The van der Waals surface area contributed by atoms with Crippen molar-refractivity contribution in [1.29, 1.82) is 0 Å². The Kier molecular flexibility index (Phi) is 4.80. The van der Waals surface area contributed by atoms with Gasteiger partial charge in [-0.3, -0.25) is 0 Å². The fourth-order valence-electron chi connectivity index (χ4n) is 0.509. The van der Waals surface area contributed by atoms with E-state index in [9.17, 15) is 4.39 Å². The van der Waals surface area contributed by atoms with Crippen LogP contribution in [0.3, 0.4) is 0 Å². The second kappa shape index (κ2) is 5.14. The van der Waals surface area contributed by atoms with Gasteiger partial charge in [-0.2, -0.15) is 0 Å². The summed E-state index contributed by atoms with van der Waals surface area (Å²) in [5.74, 6) is -0.394. The van der Waals surface area contributed by atoms with E-state index in [0.717, 1.165) is 6.08 Å². The molecule has 0 aromatic carbocycles. The zero-order valence-corrected chi connectivity index (χ0v) is 5.76. The van der Waals surface area contributed by atoms with Gasteiger partial charge >= 0.3 is 0 Å². The molecule has 3 heteroatoms. The van der Waals surface area contributed by atoms with Gasteiger partial charge in [-0.05, 0) is 12.5 Å². The van der Waals surface area contributed by atoms with Crippen LogP contribution in [0.5, 0.6) is 0 Å². The molecule has 1 unspecified atom stereocenters. The molecule has 0 saturated carbocycles. The van der Waals surface area contributed by atoms with Gasteiger partial charge in [0.05, 0.1) is 0 Å². The third kappa shape index (κ3) is 5.47. The number of rotatable bonds is 4. The first-order valence-electron chi connectivity index (χ1n) is 3.07. The molecule has 0 saturated heterocycles. The van der Waals surface area contributed by atoms with Gasteiger partial charge in [0.1, 0.15) is 12.1 Å². The van der Waals surface area contributed by atoms with E-state index in [4.69, 9.17) is 10.8 Å². The molecule has 0 aromatic rings. The van der Waals surface area contributed by atoms with Crippen LogP contribution in [0.2, 0.25) is 0 Å². The highest BCUT2D eigenvalue weighted by Crippen LogP contribution is 2.06. The number of allylic oxidation sites excluding steroid dienone is 2. The van der Waals surface area contributed by atoms with E-state index in [0.29, 0.717) is 6.42 Å². The molecule has 0 amide bonds. The van der Waals surface area contributed by atoms with E-state index in [-0.39, 0.29) is 6.42 Å². The van der Waals surface area contributed by atoms with Gasteiger partial charge in [-0.25, -0.2) is 4.39 Å². The predicted molar refractivity (Wildman–Crippen MR) is 38.8 cm³/mol. The molecule has 0 spiro atoms. The van der Waals surface area contributed by atoms with Crippen molar-refractivity contribution >= 4 is 0 Å². The molecule has 3 N–H and O–H groups in total. The van der Waals surface area contributed by atoms with Crippen molar-refractivity contribution in [3.8, 4) is 0 Å². The maximum atomic E-state index is 12.4. The summed E-state index contributed by atoms with van der Waals surface area (Å²) in [7, 11) is 0. The fraction of sp³-hybridized carbons (Fsp3) is 0.429. The lowest BCUT2D eigenvalue weighted by atomic mass is 10.2. The minimum atomic E-state index is -1.19. The van der Waals surface area contributed by atoms with Gasteiger partial charge in [-0.1, -0.05) is 6.08 Å². The molecule has 1 atom stereocenters. The largest absolute Gasteiger partial charge is 0.375 e. The lowest BCUT2D eigenvalue weighted by Gasteiger charge is -1.96. The van der Waals surface area contributed by atoms with Crippen LogP contribution < -0.4 is 5.73 Å². The van der Waals surface area contributed by atoms with E-state index < -0.39 is 12.1 Å². The highest BCUT2D eigenvalue weighted by molar-refractivity contribution is 4.95. The topological polar surface area (TPSA) is 46.2 Å².